The van der Waals surface area contributed by atoms with Gasteiger partial charge in [0.05, 0.1) is 11.7 Å². The summed E-state index contributed by atoms with van der Waals surface area (Å²) in [6.07, 6.45) is 9.08. The van der Waals surface area contributed by atoms with Gasteiger partial charge in [-0.2, -0.15) is 0 Å². The van der Waals surface area contributed by atoms with Crippen LogP contribution in [0.25, 0.3) is 0 Å². The number of carbonyl (C=O) groups excluding carboxylic acids is 1. The molecule has 3 rings (SSSR count). The molecule has 0 radical (unpaired) electrons. The van der Waals surface area contributed by atoms with Gasteiger partial charge >= 0.3 is 0 Å². The zero-order valence-corrected chi connectivity index (χ0v) is 14.8. The maximum absolute atomic E-state index is 11.7. The lowest BCUT2D eigenvalue weighted by Crippen LogP contribution is -2.66. The van der Waals surface area contributed by atoms with Gasteiger partial charge in [0, 0.05) is 46.8 Å². The first-order valence-electron chi connectivity index (χ1n) is 9.24. The number of rotatable bonds is 5. The van der Waals surface area contributed by atoms with E-state index in [1.807, 2.05) is 0 Å². The minimum atomic E-state index is -0.00124. The Balaban J connectivity index is 1.40. The standard InChI is InChI=1S/C18H32N2O3/c1-19(2)17(21)12-22-16-8-9-23-18(10-16)13-20(14-18)11-15-6-4-3-5-7-15/h15-16H,3-14H2,1-2H3. The van der Waals surface area contributed by atoms with Crippen LogP contribution < -0.4 is 0 Å². The molecule has 3 fully saturated rings. The van der Waals surface area contributed by atoms with Crippen molar-refractivity contribution in [3.8, 4) is 0 Å². The van der Waals surface area contributed by atoms with Crippen LogP contribution in [0.5, 0.6) is 0 Å². The summed E-state index contributed by atoms with van der Waals surface area (Å²) in [4.78, 5) is 15.8. The van der Waals surface area contributed by atoms with Gasteiger partial charge in [-0.1, -0.05) is 19.3 Å². The van der Waals surface area contributed by atoms with Gasteiger partial charge in [0.15, 0.2) is 0 Å². The lowest BCUT2D eigenvalue weighted by molar-refractivity contribution is -0.200. The number of likely N-dealkylation sites (tertiary alicyclic amines) is 1. The number of ether oxygens (including phenoxy) is 2. The summed E-state index contributed by atoms with van der Waals surface area (Å²) in [5.74, 6) is 0.938. The molecule has 0 bridgehead atoms. The molecule has 5 nitrogen and oxygen atoms in total. The first kappa shape index (κ1) is 17.2. The normalized spacial score (nSPS) is 28.5. The fourth-order valence-corrected chi connectivity index (χ4v) is 4.30. The minimum Gasteiger partial charge on any atom is -0.372 e. The van der Waals surface area contributed by atoms with Gasteiger partial charge in [-0.3, -0.25) is 9.69 Å². The highest BCUT2D eigenvalue weighted by Gasteiger charge is 2.48. The van der Waals surface area contributed by atoms with Crippen LogP contribution in [0.4, 0.5) is 0 Å². The lowest BCUT2D eigenvalue weighted by atomic mass is 9.82. The van der Waals surface area contributed by atoms with Crippen molar-refractivity contribution in [2.45, 2.75) is 56.7 Å². The van der Waals surface area contributed by atoms with Crippen molar-refractivity contribution >= 4 is 5.91 Å². The summed E-state index contributed by atoms with van der Waals surface area (Å²) in [6.45, 7) is 4.29. The average Bonchev–Trinajstić information content (AvgIpc) is 2.52. The maximum atomic E-state index is 11.7. The smallest absolute Gasteiger partial charge is 0.248 e. The number of hydrogen-bond donors (Lipinski definition) is 0. The van der Waals surface area contributed by atoms with Gasteiger partial charge < -0.3 is 14.4 Å². The van der Waals surface area contributed by atoms with Gasteiger partial charge in [-0.25, -0.2) is 0 Å². The predicted octanol–water partition coefficient (Wildman–Crippen LogP) is 1.90. The monoisotopic (exact) mass is 324 g/mol. The first-order chi connectivity index (χ1) is 11.1. The summed E-state index contributed by atoms with van der Waals surface area (Å²) in [5.41, 5.74) is -0.00124. The Kier molecular flexibility index (Phi) is 5.60. The molecule has 3 aliphatic rings. The fraction of sp³-hybridized carbons (Fsp3) is 0.944. The van der Waals surface area contributed by atoms with Crippen LogP contribution in [0, 0.1) is 5.92 Å². The molecule has 1 unspecified atom stereocenters. The van der Waals surface area contributed by atoms with Crippen molar-refractivity contribution in [1.82, 2.24) is 9.80 Å². The molecule has 0 aromatic rings. The molecule has 1 atom stereocenters. The van der Waals surface area contributed by atoms with Gasteiger partial charge in [-0.15, -0.1) is 0 Å². The molecule has 1 saturated carbocycles. The highest BCUT2D eigenvalue weighted by molar-refractivity contribution is 5.76. The van der Waals surface area contributed by atoms with Gasteiger partial charge in [0.1, 0.15) is 6.61 Å². The van der Waals surface area contributed by atoms with Gasteiger partial charge in [-0.05, 0) is 25.2 Å². The van der Waals surface area contributed by atoms with Crippen molar-refractivity contribution < 1.29 is 14.3 Å². The van der Waals surface area contributed by atoms with E-state index in [0.717, 1.165) is 38.5 Å². The Morgan fingerprint density at radius 1 is 1.22 bits per heavy atom. The molecule has 1 amide bonds. The van der Waals surface area contributed by atoms with Crippen LogP contribution in [0.15, 0.2) is 0 Å². The van der Waals surface area contributed by atoms with Crippen LogP contribution in [0.2, 0.25) is 0 Å². The van der Waals surface area contributed by atoms with Gasteiger partial charge in [0.25, 0.3) is 0 Å². The van der Waals surface area contributed by atoms with Crippen LogP contribution in [-0.2, 0) is 14.3 Å². The lowest BCUT2D eigenvalue weighted by Gasteiger charge is -2.54. The van der Waals surface area contributed by atoms with E-state index in [4.69, 9.17) is 9.47 Å². The van der Waals surface area contributed by atoms with E-state index in [2.05, 4.69) is 4.90 Å². The first-order valence-corrected chi connectivity index (χ1v) is 9.24. The second kappa shape index (κ2) is 7.49. The number of likely N-dealkylation sites (N-methyl/N-ethyl adjacent to an activating group) is 1. The molecule has 132 valence electrons. The zero-order valence-electron chi connectivity index (χ0n) is 14.8. The van der Waals surface area contributed by atoms with Crippen LogP contribution in [0.1, 0.15) is 44.9 Å². The molecule has 2 heterocycles. The third-order valence-corrected chi connectivity index (χ3v) is 5.65. The summed E-state index contributed by atoms with van der Waals surface area (Å²) < 4.78 is 11.9. The Hall–Kier alpha value is -0.650. The molecular weight excluding hydrogens is 292 g/mol. The van der Waals surface area contributed by atoms with E-state index in [-0.39, 0.29) is 24.2 Å². The summed E-state index contributed by atoms with van der Waals surface area (Å²) >= 11 is 0. The number of amides is 1. The second-order valence-electron chi connectivity index (χ2n) is 7.92. The van der Waals surface area contributed by atoms with E-state index in [0.29, 0.717) is 0 Å². The quantitative estimate of drug-likeness (QED) is 0.775. The highest BCUT2D eigenvalue weighted by Crippen LogP contribution is 2.37. The van der Waals surface area contributed by atoms with Crippen LogP contribution >= 0.6 is 0 Å². The van der Waals surface area contributed by atoms with Crippen molar-refractivity contribution in [3.63, 3.8) is 0 Å². The summed E-state index contributed by atoms with van der Waals surface area (Å²) in [6, 6.07) is 0. The molecule has 0 aromatic carbocycles. The highest BCUT2D eigenvalue weighted by atomic mass is 16.5. The van der Waals surface area contributed by atoms with E-state index in [9.17, 15) is 4.79 Å². The Morgan fingerprint density at radius 3 is 2.65 bits per heavy atom. The number of carbonyl (C=O) groups is 1. The Bertz CT molecular complexity index is 401. The third-order valence-electron chi connectivity index (χ3n) is 5.65. The zero-order chi connectivity index (χ0) is 16.3. The molecule has 23 heavy (non-hydrogen) atoms. The molecule has 0 aromatic heterocycles. The van der Waals surface area contributed by atoms with E-state index < -0.39 is 0 Å². The minimum absolute atomic E-state index is 0.00124. The largest absolute Gasteiger partial charge is 0.372 e. The average molecular weight is 324 g/mol. The Labute approximate surface area is 140 Å². The van der Waals surface area contributed by atoms with Crippen molar-refractivity contribution in [1.29, 1.82) is 0 Å². The molecule has 0 N–H and O–H groups in total. The predicted molar refractivity (Wildman–Crippen MR) is 89.4 cm³/mol. The summed E-state index contributed by atoms with van der Waals surface area (Å²) in [5, 5.41) is 0. The summed E-state index contributed by atoms with van der Waals surface area (Å²) in [7, 11) is 3.54. The SMILES string of the molecule is CN(C)C(=O)COC1CCOC2(C1)CN(CC1CCCCC1)C2. The topological polar surface area (TPSA) is 42.0 Å². The van der Waals surface area contributed by atoms with Gasteiger partial charge in [0.2, 0.25) is 5.91 Å². The fourth-order valence-electron chi connectivity index (χ4n) is 4.30. The molecule has 5 heteroatoms. The molecule has 2 aliphatic heterocycles. The molecule has 1 aliphatic carbocycles. The number of hydrogen-bond acceptors (Lipinski definition) is 4. The maximum Gasteiger partial charge on any atom is 0.248 e. The van der Waals surface area contributed by atoms with Crippen molar-refractivity contribution in [2.24, 2.45) is 5.92 Å². The van der Waals surface area contributed by atoms with E-state index >= 15 is 0 Å². The van der Waals surface area contributed by atoms with Crippen molar-refractivity contribution in [2.75, 3.05) is 46.9 Å². The number of nitrogens with zero attached hydrogens (tertiary/aromatic N) is 2. The van der Waals surface area contributed by atoms with Crippen LogP contribution in [0.3, 0.4) is 0 Å². The van der Waals surface area contributed by atoms with E-state index in [1.54, 1.807) is 19.0 Å². The molecule has 1 spiro atoms. The van der Waals surface area contributed by atoms with Crippen LogP contribution in [-0.4, -0.2) is 74.4 Å². The third kappa shape index (κ3) is 4.46. The van der Waals surface area contributed by atoms with Crippen molar-refractivity contribution in [3.05, 3.63) is 0 Å². The Morgan fingerprint density at radius 2 is 1.96 bits per heavy atom. The molecule has 2 saturated heterocycles. The van der Waals surface area contributed by atoms with E-state index in [1.165, 1.54) is 38.6 Å². The molecular formula is C18H32N2O3. The second-order valence-corrected chi connectivity index (χ2v) is 7.92.